The molecule has 1 aromatic carbocycles. The van der Waals surface area contributed by atoms with E-state index in [-0.39, 0.29) is 17.6 Å². The first-order chi connectivity index (χ1) is 8.02. The number of rotatable bonds is 6. The van der Waals surface area contributed by atoms with Crippen molar-refractivity contribution in [3.8, 4) is 0 Å². The predicted octanol–water partition coefficient (Wildman–Crippen LogP) is 3.09. The van der Waals surface area contributed by atoms with Gasteiger partial charge in [0.2, 0.25) is 0 Å². The first-order valence-electron chi connectivity index (χ1n) is 5.72. The van der Waals surface area contributed by atoms with Crippen LogP contribution in [0.4, 0.5) is 4.39 Å². The van der Waals surface area contributed by atoms with Gasteiger partial charge >= 0.3 is 0 Å². The van der Waals surface area contributed by atoms with Crippen molar-refractivity contribution in [3.05, 3.63) is 34.1 Å². The molecule has 1 atom stereocenters. The zero-order valence-corrected chi connectivity index (χ0v) is 11.7. The van der Waals surface area contributed by atoms with Gasteiger partial charge in [0.25, 0.3) is 0 Å². The van der Waals surface area contributed by atoms with Crippen molar-refractivity contribution < 1.29 is 9.18 Å². The second-order valence-corrected chi connectivity index (χ2v) is 4.97. The minimum absolute atomic E-state index is 0.158. The van der Waals surface area contributed by atoms with E-state index in [1.165, 1.54) is 12.1 Å². The maximum atomic E-state index is 12.9. The number of ketones is 1. The van der Waals surface area contributed by atoms with Crippen molar-refractivity contribution in [2.24, 2.45) is 0 Å². The highest BCUT2D eigenvalue weighted by Crippen LogP contribution is 2.19. The maximum Gasteiger partial charge on any atom is 0.138 e. The number of nitrogens with one attached hydrogen (secondary N) is 1. The molecule has 4 heteroatoms. The Balaban J connectivity index is 2.56. The van der Waals surface area contributed by atoms with Gasteiger partial charge in [0.15, 0.2) is 0 Å². The number of Topliss-reactive ketones (excluding diaryl/α,β-unsaturated/α-hetero) is 1. The van der Waals surface area contributed by atoms with Gasteiger partial charge in [0.05, 0.1) is 0 Å². The van der Waals surface area contributed by atoms with Gasteiger partial charge in [-0.1, -0.05) is 28.9 Å². The Morgan fingerprint density at radius 3 is 2.82 bits per heavy atom. The van der Waals surface area contributed by atoms with Crippen LogP contribution >= 0.6 is 15.9 Å². The fourth-order valence-electron chi connectivity index (χ4n) is 1.71. The molecule has 0 fully saturated rings. The molecule has 0 aromatic heterocycles. The van der Waals surface area contributed by atoms with Crippen molar-refractivity contribution in [1.29, 1.82) is 0 Å². The largest absolute Gasteiger partial charge is 0.314 e. The Kier molecular flexibility index (Phi) is 5.78. The summed E-state index contributed by atoms with van der Waals surface area (Å²) in [5.74, 6) is -0.139. The monoisotopic (exact) mass is 301 g/mol. The van der Waals surface area contributed by atoms with Crippen LogP contribution in [-0.2, 0) is 11.2 Å². The molecule has 1 aromatic rings. The summed E-state index contributed by atoms with van der Waals surface area (Å²) in [5.41, 5.74) is 0.833. The van der Waals surface area contributed by atoms with Crippen LogP contribution in [0.3, 0.4) is 0 Å². The maximum absolute atomic E-state index is 12.9. The van der Waals surface area contributed by atoms with Gasteiger partial charge < -0.3 is 5.32 Å². The third kappa shape index (κ3) is 4.96. The second-order valence-electron chi connectivity index (χ2n) is 4.11. The van der Waals surface area contributed by atoms with E-state index in [2.05, 4.69) is 21.2 Å². The van der Waals surface area contributed by atoms with Gasteiger partial charge in [-0.2, -0.15) is 0 Å². The summed E-state index contributed by atoms with van der Waals surface area (Å²) in [6.07, 6.45) is 0.842. The summed E-state index contributed by atoms with van der Waals surface area (Å²) in [5, 5.41) is 3.19. The number of benzene rings is 1. The van der Waals surface area contributed by atoms with E-state index < -0.39 is 0 Å². The Morgan fingerprint density at radius 1 is 1.53 bits per heavy atom. The minimum atomic E-state index is -0.297. The molecule has 0 spiro atoms. The number of hydrogen-bond acceptors (Lipinski definition) is 2. The van der Waals surface area contributed by atoms with Crippen molar-refractivity contribution in [2.75, 3.05) is 6.54 Å². The molecular formula is C13H17BrFNO. The molecule has 1 unspecified atom stereocenters. The Bertz CT molecular complexity index is 395. The molecular weight excluding hydrogens is 285 g/mol. The summed E-state index contributed by atoms with van der Waals surface area (Å²) < 4.78 is 13.5. The van der Waals surface area contributed by atoms with Gasteiger partial charge in [-0.05, 0) is 31.2 Å². The lowest BCUT2D eigenvalue weighted by Gasteiger charge is -2.11. The summed E-state index contributed by atoms with van der Waals surface area (Å²) in [6, 6.07) is 4.60. The van der Waals surface area contributed by atoms with E-state index in [9.17, 15) is 9.18 Å². The standard InChI is InChI=1S/C13H17BrFNO/c1-3-16-9(2)6-12(17)7-10-4-5-11(15)8-13(10)14/h4-5,8-9,16H,3,6-7H2,1-2H3. The summed E-state index contributed by atoms with van der Waals surface area (Å²) >= 11 is 3.26. The first kappa shape index (κ1) is 14.3. The quantitative estimate of drug-likeness (QED) is 0.875. The van der Waals surface area contributed by atoms with Crippen molar-refractivity contribution in [3.63, 3.8) is 0 Å². The summed E-state index contributed by atoms with van der Waals surface area (Å²) in [7, 11) is 0. The van der Waals surface area contributed by atoms with Crippen LogP contribution in [0.2, 0.25) is 0 Å². The SMILES string of the molecule is CCNC(C)CC(=O)Cc1ccc(F)cc1Br. The first-order valence-corrected chi connectivity index (χ1v) is 6.51. The molecule has 94 valence electrons. The van der Waals surface area contributed by atoms with Crippen LogP contribution in [0, 0.1) is 5.82 Å². The normalized spacial score (nSPS) is 12.5. The lowest BCUT2D eigenvalue weighted by molar-refractivity contribution is -0.118. The van der Waals surface area contributed by atoms with Crippen LogP contribution in [0.15, 0.2) is 22.7 Å². The lowest BCUT2D eigenvalue weighted by atomic mass is 10.0. The van der Waals surface area contributed by atoms with E-state index in [4.69, 9.17) is 0 Å². The third-order valence-electron chi connectivity index (χ3n) is 2.49. The van der Waals surface area contributed by atoms with Crippen molar-refractivity contribution >= 4 is 21.7 Å². The van der Waals surface area contributed by atoms with E-state index in [0.29, 0.717) is 17.3 Å². The fourth-order valence-corrected chi connectivity index (χ4v) is 2.20. The highest BCUT2D eigenvalue weighted by atomic mass is 79.9. The van der Waals surface area contributed by atoms with Gasteiger partial charge in [0, 0.05) is 23.4 Å². The molecule has 0 radical (unpaired) electrons. The molecule has 1 N–H and O–H groups in total. The highest BCUT2D eigenvalue weighted by molar-refractivity contribution is 9.10. The number of hydrogen-bond donors (Lipinski definition) is 1. The second kappa shape index (κ2) is 6.87. The number of carbonyl (C=O) groups excluding carboxylic acids is 1. The third-order valence-corrected chi connectivity index (χ3v) is 3.23. The summed E-state index contributed by atoms with van der Waals surface area (Å²) in [4.78, 5) is 11.8. The van der Waals surface area contributed by atoms with Gasteiger partial charge in [0.1, 0.15) is 11.6 Å². The molecule has 1 rings (SSSR count). The topological polar surface area (TPSA) is 29.1 Å². The fraction of sp³-hybridized carbons (Fsp3) is 0.462. The van der Waals surface area contributed by atoms with Gasteiger partial charge in [-0.25, -0.2) is 4.39 Å². The molecule has 0 saturated carbocycles. The molecule has 0 aliphatic heterocycles. The van der Waals surface area contributed by atoms with Crippen LogP contribution in [0.1, 0.15) is 25.8 Å². The molecule has 0 amide bonds. The molecule has 0 heterocycles. The Morgan fingerprint density at radius 2 is 2.24 bits per heavy atom. The minimum Gasteiger partial charge on any atom is -0.314 e. The number of carbonyl (C=O) groups is 1. The Labute approximate surface area is 110 Å². The Hall–Kier alpha value is -0.740. The molecule has 17 heavy (non-hydrogen) atoms. The molecule has 0 bridgehead atoms. The predicted molar refractivity (Wildman–Crippen MR) is 70.6 cm³/mol. The highest BCUT2D eigenvalue weighted by Gasteiger charge is 2.11. The molecule has 0 saturated heterocycles. The zero-order valence-electron chi connectivity index (χ0n) is 10.1. The lowest BCUT2D eigenvalue weighted by Crippen LogP contribution is -2.28. The van der Waals surface area contributed by atoms with Crippen molar-refractivity contribution in [2.45, 2.75) is 32.7 Å². The van der Waals surface area contributed by atoms with Crippen LogP contribution in [-0.4, -0.2) is 18.4 Å². The van der Waals surface area contributed by atoms with Gasteiger partial charge in [-0.15, -0.1) is 0 Å². The van der Waals surface area contributed by atoms with Crippen LogP contribution in [0.5, 0.6) is 0 Å². The smallest absolute Gasteiger partial charge is 0.138 e. The number of halogens is 2. The van der Waals surface area contributed by atoms with E-state index >= 15 is 0 Å². The van der Waals surface area contributed by atoms with E-state index in [1.807, 2.05) is 13.8 Å². The summed E-state index contributed by atoms with van der Waals surface area (Å²) in [6.45, 7) is 4.85. The average molecular weight is 302 g/mol. The van der Waals surface area contributed by atoms with Crippen molar-refractivity contribution in [1.82, 2.24) is 5.32 Å². The van der Waals surface area contributed by atoms with E-state index in [1.54, 1.807) is 6.07 Å². The molecule has 0 aliphatic rings. The van der Waals surface area contributed by atoms with E-state index in [0.717, 1.165) is 12.1 Å². The van der Waals surface area contributed by atoms with Crippen LogP contribution < -0.4 is 5.32 Å². The zero-order chi connectivity index (χ0) is 12.8. The average Bonchev–Trinajstić information content (AvgIpc) is 2.22. The van der Waals surface area contributed by atoms with Gasteiger partial charge in [-0.3, -0.25) is 4.79 Å². The molecule has 2 nitrogen and oxygen atoms in total. The van der Waals surface area contributed by atoms with Crippen LogP contribution in [0.25, 0.3) is 0 Å². The molecule has 0 aliphatic carbocycles.